The summed E-state index contributed by atoms with van der Waals surface area (Å²) in [6, 6.07) is 7.09. The molecule has 3 heterocycles. The third-order valence-electron chi connectivity index (χ3n) is 6.29. The minimum Gasteiger partial charge on any atom is -0.494 e. The number of fused-ring (bicyclic) bond motifs is 4. The van der Waals surface area contributed by atoms with Crippen LogP contribution in [0, 0.1) is 17.6 Å². The number of hydrogen-bond donors (Lipinski definition) is 2. The van der Waals surface area contributed by atoms with E-state index in [-0.39, 0.29) is 25.0 Å². The lowest BCUT2D eigenvalue weighted by atomic mass is 10.0. The molecule has 0 unspecified atom stereocenters. The van der Waals surface area contributed by atoms with Gasteiger partial charge in [0.05, 0.1) is 19.3 Å². The Kier molecular flexibility index (Phi) is 9.41. The first-order chi connectivity index (χ1) is 19.2. The van der Waals surface area contributed by atoms with E-state index in [2.05, 4.69) is 20.6 Å². The molecule has 2 N–H and O–H groups in total. The van der Waals surface area contributed by atoms with Gasteiger partial charge in [0, 0.05) is 43.7 Å². The summed E-state index contributed by atoms with van der Waals surface area (Å²) in [6.07, 6.45) is 4.92. The molecule has 3 amide bonds. The van der Waals surface area contributed by atoms with Crippen LogP contribution in [-0.4, -0.2) is 69.4 Å². The zero-order chi connectivity index (χ0) is 28.6. The number of hydrogen-bond acceptors (Lipinski definition) is 6. The molecule has 0 radical (unpaired) electrons. The van der Waals surface area contributed by atoms with Gasteiger partial charge in [-0.05, 0) is 30.9 Å². The van der Waals surface area contributed by atoms with Crippen molar-refractivity contribution in [1.82, 2.24) is 30.1 Å². The molecule has 0 saturated carbocycles. The number of ether oxygens (including phenoxy) is 1. The maximum absolute atomic E-state index is 14.4. The van der Waals surface area contributed by atoms with Crippen molar-refractivity contribution in [3.63, 3.8) is 0 Å². The Bertz CT molecular complexity index is 1360. The van der Waals surface area contributed by atoms with E-state index < -0.39 is 41.7 Å². The summed E-state index contributed by atoms with van der Waals surface area (Å²) >= 11 is 0. The van der Waals surface area contributed by atoms with Gasteiger partial charge in [-0.25, -0.2) is 18.7 Å². The smallest absolute Gasteiger partial charge is 0.275 e. The molecule has 12 heteroatoms. The van der Waals surface area contributed by atoms with Crippen LogP contribution in [-0.2, 0) is 16.1 Å². The van der Waals surface area contributed by atoms with Crippen LogP contribution in [0.4, 0.5) is 8.78 Å². The largest absolute Gasteiger partial charge is 0.494 e. The Labute approximate surface area is 230 Å². The van der Waals surface area contributed by atoms with E-state index in [1.165, 1.54) is 0 Å². The SMILES string of the molecule is CC(C)C[C@H]1NC(=O)CN(C(=O)c2ncc(F)cc2F)CCCOc2cccc(c2)-c2nccn2CCNC1=O. The van der Waals surface area contributed by atoms with Crippen molar-refractivity contribution in [2.24, 2.45) is 5.92 Å². The molecule has 10 nitrogen and oxygen atoms in total. The number of carbonyl (C=O) groups excluding carboxylic acids is 3. The minimum absolute atomic E-state index is 0.0237. The Morgan fingerprint density at radius 3 is 2.77 bits per heavy atom. The summed E-state index contributed by atoms with van der Waals surface area (Å²) in [5, 5.41) is 5.58. The number of halogens is 2. The Balaban J connectivity index is 1.60. The predicted octanol–water partition coefficient (Wildman–Crippen LogP) is 2.80. The van der Waals surface area contributed by atoms with Crippen LogP contribution in [0.15, 0.2) is 48.9 Å². The summed E-state index contributed by atoms with van der Waals surface area (Å²) in [6.45, 7) is 4.37. The van der Waals surface area contributed by atoms with E-state index in [4.69, 9.17) is 4.74 Å². The fourth-order valence-electron chi connectivity index (χ4n) is 4.43. The lowest BCUT2D eigenvalue weighted by Gasteiger charge is -2.25. The maximum atomic E-state index is 14.4. The zero-order valence-electron chi connectivity index (χ0n) is 22.4. The monoisotopic (exact) mass is 554 g/mol. The minimum atomic E-state index is -1.13. The van der Waals surface area contributed by atoms with Crippen LogP contribution in [0.2, 0.25) is 0 Å². The van der Waals surface area contributed by atoms with Gasteiger partial charge in [-0.1, -0.05) is 26.0 Å². The Morgan fingerprint density at radius 1 is 1.18 bits per heavy atom. The summed E-state index contributed by atoms with van der Waals surface area (Å²) in [7, 11) is 0. The van der Waals surface area contributed by atoms with E-state index in [0.29, 0.717) is 43.6 Å². The van der Waals surface area contributed by atoms with Gasteiger partial charge < -0.3 is 24.8 Å². The first-order valence-electron chi connectivity index (χ1n) is 13.1. The van der Waals surface area contributed by atoms with E-state index in [9.17, 15) is 23.2 Å². The number of amides is 3. The fourth-order valence-corrected chi connectivity index (χ4v) is 4.43. The van der Waals surface area contributed by atoms with E-state index in [0.717, 1.165) is 16.7 Å². The van der Waals surface area contributed by atoms with Crippen molar-refractivity contribution >= 4 is 17.7 Å². The van der Waals surface area contributed by atoms with Gasteiger partial charge >= 0.3 is 0 Å². The van der Waals surface area contributed by atoms with Crippen LogP contribution < -0.4 is 15.4 Å². The molecule has 2 aromatic heterocycles. The predicted molar refractivity (Wildman–Crippen MR) is 142 cm³/mol. The molecular weight excluding hydrogens is 522 g/mol. The second kappa shape index (κ2) is 13.1. The van der Waals surface area contributed by atoms with E-state index >= 15 is 0 Å². The van der Waals surface area contributed by atoms with Crippen LogP contribution in [0.5, 0.6) is 5.75 Å². The lowest BCUT2D eigenvalue weighted by Crippen LogP contribution is -2.51. The third kappa shape index (κ3) is 7.39. The lowest BCUT2D eigenvalue weighted by molar-refractivity contribution is -0.129. The quantitative estimate of drug-likeness (QED) is 0.514. The highest BCUT2D eigenvalue weighted by molar-refractivity contribution is 5.96. The third-order valence-corrected chi connectivity index (χ3v) is 6.29. The summed E-state index contributed by atoms with van der Waals surface area (Å²) < 4.78 is 35.6. The highest BCUT2D eigenvalue weighted by Gasteiger charge is 2.27. The molecule has 0 saturated heterocycles. The van der Waals surface area contributed by atoms with Crippen LogP contribution in [0.25, 0.3) is 11.4 Å². The summed E-state index contributed by atoms with van der Waals surface area (Å²) in [5.74, 6) is -2.50. The topological polar surface area (TPSA) is 118 Å². The highest BCUT2D eigenvalue weighted by Crippen LogP contribution is 2.23. The van der Waals surface area contributed by atoms with Crippen LogP contribution in [0.3, 0.4) is 0 Å². The number of aromatic nitrogens is 3. The van der Waals surface area contributed by atoms with Gasteiger partial charge in [-0.3, -0.25) is 14.4 Å². The van der Waals surface area contributed by atoms with E-state index in [1.807, 2.05) is 42.8 Å². The van der Waals surface area contributed by atoms with Crippen molar-refractivity contribution in [3.8, 4) is 17.1 Å². The maximum Gasteiger partial charge on any atom is 0.275 e. The summed E-state index contributed by atoms with van der Waals surface area (Å²) in [4.78, 5) is 48.4. The normalized spacial score (nSPS) is 17.2. The number of nitrogens with one attached hydrogen (secondary N) is 2. The average Bonchev–Trinajstić information content (AvgIpc) is 3.37. The van der Waals surface area contributed by atoms with Gasteiger partial charge in [0.1, 0.15) is 23.4 Å². The van der Waals surface area contributed by atoms with Gasteiger partial charge in [-0.2, -0.15) is 0 Å². The molecule has 4 rings (SSSR count). The van der Waals surface area contributed by atoms with Crippen LogP contribution >= 0.6 is 0 Å². The molecular formula is C28H32F2N6O4. The Hall–Kier alpha value is -4.35. The number of nitrogens with zero attached hydrogens (tertiary/aromatic N) is 4. The van der Waals surface area contributed by atoms with Gasteiger partial charge in [0.25, 0.3) is 5.91 Å². The number of pyridine rings is 1. The number of benzene rings is 1. The first-order valence-corrected chi connectivity index (χ1v) is 13.1. The van der Waals surface area contributed by atoms with Crippen molar-refractivity contribution in [2.75, 3.05) is 26.2 Å². The van der Waals surface area contributed by atoms with Crippen molar-refractivity contribution in [2.45, 2.75) is 39.3 Å². The molecule has 3 aromatic rings. The molecule has 1 aromatic carbocycles. The number of rotatable bonds is 3. The standard InChI is InChI=1S/C28H32F2N6O4/c1-18(2)13-23-27(38)32-8-11-35-10-7-31-26(35)19-5-3-6-21(14-19)40-12-4-9-36(17-24(37)34-23)28(39)25-22(30)15-20(29)16-33-25/h3,5-7,10,14-16,18,23H,4,8-9,11-13,17H2,1-2H3,(H,32,38)(H,34,37)/t23-/m1/s1. The Morgan fingerprint density at radius 2 is 2.00 bits per heavy atom. The van der Waals surface area contributed by atoms with Gasteiger partial charge in [0.2, 0.25) is 11.8 Å². The van der Waals surface area contributed by atoms with E-state index in [1.54, 1.807) is 12.3 Å². The molecule has 212 valence electrons. The summed E-state index contributed by atoms with van der Waals surface area (Å²) in [5.41, 5.74) is 0.228. The molecule has 40 heavy (non-hydrogen) atoms. The number of carbonyl (C=O) groups is 3. The first kappa shape index (κ1) is 28.7. The highest BCUT2D eigenvalue weighted by atomic mass is 19.1. The zero-order valence-corrected chi connectivity index (χ0v) is 22.4. The molecule has 0 spiro atoms. The van der Waals surface area contributed by atoms with Crippen molar-refractivity contribution in [1.29, 1.82) is 0 Å². The van der Waals surface area contributed by atoms with Gasteiger partial charge in [-0.15, -0.1) is 0 Å². The molecule has 1 aliphatic heterocycles. The molecule has 1 atom stereocenters. The van der Waals surface area contributed by atoms with Gasteiger partial charge in [0.15, 0.2) is 11.5 Å². The molecule has 2 bridgehead atoms. The second-order valence-electron chi connectivity index (χ2n) is 9.93. The number of imidazole rings is 1. The average molecular weight is 555 g/mol. The molecule has 0 fully saturated rings. The van der Waals surface area contributed by atoms with Crippen LogP contribution in [0.1, 0.15) is 37.2 Å². The fraction of sp³-hybridized carbons (Fsp3) is 0.393. The molecule has 0 aliphatic carbocycles. The van der Waals surface area contributed by atoms with Crippen molar-refractivity contribution < 1.29 is 27.9 Å². The molecule has 1 aliphatic rings. The van der Waals surface area contributed by atoms with Crippen molar-refractivity contribution in [3.05, 3.63) is 66.3 Å². The second-order valence-corrected chi connectivity index (χ2v) is 9.93.